The Morgan fingerprint density at radius 1 is 1.13 bits per heavy atom. The highest BCUT2D eigenvalue weighted by atomic mass is 35.5. The largest absolute Gasteiger partial charge is 0.370 e. The van der Waals surface area contributed by atoms with Gasteiger partial charge in [0.25, 0.3) is 5.91 Å². The van der Waals surface area contributed by atoms with Crippen molar-refractivity contribution in [3.05, 3.63) is 81.8 Å². The smallest absolute Gasteiger partial charge is 0.251 e. The average molecular weight is 570 g/mol. The molecule has 3 atom stereocenters. The van der Waals surface area contributed by atoms with E-state index in [0.717, 1.165) is 16.3 Å². The zero-order chi connectivity index (χ0) is 27.9. The first-order valence-electron chi connectivity index (χ1n) is 13.1. The van der Waals surface area contributed by atoms with Gasteiger partial charge in [-0.2, -0.15) is 0 Å². The first kappa shape index (κ1) is 28.7. The quantitative estimate of drug-likeness (QED) is 0.231. The summed E-state index contributed by atoms with van der Waals surface area (Å²) >= 11 is 12.4. The Hall–Kier alpha value is -3.33. The summed E-state index contributed by atoms with van der Waals surface area (Å²) in [6.07, 6.45) is 1.79. The van der Waals surface area contributed by atoms with Gasteiger partial charge in [-0.1, -0.05) is 66.5 Å². The minimum absolute atomic E-state index is 0.0682. The topological polar surface area (TPSA) is 126 Å². The second-order valence-electron chi connectivity index (χ2n) is 9.74. The van der Waals surface area contributed by atoms with Crippen molar-refractivity contribution in [3.8, 4) is 0 Å². The van der Waals surface area contributed by atoms with Gasteiger partial charge in [-0.15, -0.1) is 0 Å². The summed E-state index contributed by atoms with van der Waals surface area (Å²) in [5.41, 5.74) is 12.9. The van der Waals surface area contributed by atoms with E-state index in [-0.39, 0.29) is 23.8 Å². The second kappa shape index (κ2) is 13.2. The van der Waals surface area contributed by atoms with Crippen molar-refractivity contribution in [2.75, 3.05) is 19.6 Å². The lowest BCUT2D eigenvalue weighted by Crippen LogP contribution is -2.54. The SMILES string of the molecule is CCC(N=C(N)N)[C@@H]1N[C@H](CNC(=O)c2ccc3ccccc3c2)CCN(CCc2ccc(Cl)cc2Cl)C1=O. The molecule has 1 unspecified atom stereocenters. The van der Waals surface area contributed by atoms with Crippen LogP contribution in [-0.2, 0) is 11.2 Å². The van der Waals surface area contributed by atoms with Crippen molar-refractivity contribution < 1.29 is 9.59 Å². The van der Waals surface area contributed by atoms with E-state index in [0.29, 0.717) is 54.5 Å². The molecule has 0 aromatic heterocycles. The predicted molar refractivity (Wildman–Crippen MR) is 158 cm³/mol. The van der Waals surface area contributed by atoms with Gasteiger partial charge in [0.1, 0.15) is 6.04 Å². The standard InChI is InChI=1S/C29H34Cl2N6O2/c1-2-25(36-29(32)33)26-28(39)37(13-11-19-9-10-22(30)16-24(19)31)14-12-23(35-26)17-34-27(38)21-8-7-18-5-3-4-6-20(18)15-21/h3-10,15-16,23,25-26,35H,2,11-14,17H2,1H3,(H,34,38)(H4,32,33,36)/t23-,25?,26-/m0/s1. The zero-order valence-corrected chi connectivity index (χ0v) is 23.4. The van der Waals surface area contributed by atoms with Crippen LogP contribution in [0.5, 0.6) is 0 Å². The van der Waals surface area contributed by atoms with Crippen LogP contribution >= 0.6 is 23.2 Å². The molecule has 1 aliphatic heterocycles. The molecule has 4 rings (SSSR count). The van der Waals surface area contributed by atoms with E-state index in [1.54, 1.807) is 12.1 Å². The van der Waals surface area contributed by atoms with Crippen LogP contribution in [0.1, 0.15) is 35.7 Å². The first-order chi connectivity index (χ1) is 18.7. The van der Waals surface area contributed by atoms with Crippen LogP contribution in [-0.4, -0.2) is 60.4 Å². The summed E-state index contributed by atoms with van der Waals surface area (Å²) in [7, 11) is 0. The number of benzene rings is 3. The fourth-order valence-electron chi connectivity index (χ4n) is 4.91. The lowest BCUT2D eigenvalue weighted by molar-refractivity contribution is -0.133. The number of fused-ring (bicyclic) bond motifs is 1. The molecule has 1 aliphatic rings. The third-order valence-corrected chi connectivity index (χ3v) is 7.63. The summed E-state index contributed by atoms with van der Waals surface area (Å²) in [4.78, 5) is 32.8. The number of amides is 2. The Bertz CT molecular complexity index is 1360. The highest BCUT2D eigenvalue weighted by Gasteiger charge is 2.35. The van der Waals surface area contributed by atoms with E-state index in [4.69, 9.17) is 34.7 Å². The van der Waals surface area contributed by atoms with Crippen molar-refractivity contribution in [2.24, 2.45) is 16.5 Å². The Balaban J connectivity index is 1.47. The van der Waals surface area contributed by atoms with Crippen LogP contribution in [0.3, 0.4) is 0 Å². The number of guanidine groups is 1. The van der Waals surface area contributed by atoms with Crippen molar-refractivity contribution >= 4 is 51.7 Å². The van der Waals surface area contributed by atoms with E-state index < -0.39 is 12.1 Å². The van der Waals surface area contributed by atoms with E-state index in [9.17, 15) is 9.59 Å². The Morgan fingerprint density at radius 2 is 1.90 bits per heavy atom. The van der Waals surface area contributed by atoms with Gasteiger partial charge in [-0.3, -0.25) is 14.9 Å². The molecule has 3 aromatic carbocycles. The summed E-state index contributed by atoms with van der Waals surface area (Å²) in [5.74, 6) is -0.318. The number of hydrogen-bond donors (Lipinski definition) is 4. The molecule has 1 saturated heterocycles. The maximum absolute atomic E-state index is 13.7. The molecule has 10 heteroatoms. The second-order valence-corrected chi connectivity index (χ2v) is 10.6. The van der Waals surface area contributed by atoms with Gasteiger partial charge in [0.2, 0.25) is 5.91 Å². The van der Waals surface area contributed by atoms with Crippen molar-refractivity contribution in [3.63, 3.8) is 0 Å². The third kappa shape index (κ3) is 7.41. The number of carbonyl (C=O) groups excluding carboxylic acids is 2. The Morgan fingerprint density at radius 3 is 2.62 bits per heavy atom. The molecule has 39 heavy (non-hydrogen) atoms. The molecule has 1 heterocycles. The lowest BCUT2D eigenvalue weighted by atomic mass is 10.0. The Labute approximate surface area is 238 Å². The monoisotopic (exact) mass is 568 g/mol. The van der Waals surface area contributed by atoms with Crippen LogP contribution in [0.25, 0.3) is 10.8 Å². The normalized spacial score (nSPS) is 18.4. The maximum Gasteiger partial charge on any atom is 0.251 e. The molecule has 1 fully saturated rings. The lowest BCUT2D eigenvalue weighted by Gasteiger charge is -2.28. The zero-order valence-electron chi connectivity index (χ0n) is 21.9. The molecule has 0 aliphatic carbocycles. The highest BCUT2D eigenvalue weighted by molar-refractivity contribution is 6.35. The molecule has 6 N–H and O–H groups in total. The Kier molecular flexibility index (Phi) is 9.67. The fourth-order valence-corrected chi connectivity index (χ4v) is 5.41. The molecule has 0 bridgehead atoms. The van der Waals surface area contributed by atoms with Crippen LogP contribution in [0.2, 0.25) is 10.0 Å². The minimum atomic E-state index is -0.636. The van der Waals surface area contributed by atoms with Crippen LogP contribution in [0.15, 0.2) is 65.7 Å². The summed E-state index contributed by atoms with van der Waals surface area (Å²) < 4.78 is 0. The molecule has 8 nitrogen and oxygen atoms in total. The number of halogens is 2. The summed E-state index contributed by atoms with van der Waals surface area (Å²) in [6.45, 7) is 3.28. The van der Waals surface area contributed by atoms with Crippen molar-refractivity contribution in [1.29, 1.82) is 0 Å². The minimum Gasteiger partial charge on any atom is -0.370 e. The van der Waals surface area contributed by atoms with E-state index in [1.807, 2.05) is 60.4 Å². The number of carbonyl (C=O) groups is 2. The van der Waals surface area contributed by atoms with Crippen LogP contribution in [0, 0.1) is 0 Å². The van der Waals surface area contributed by atoms with Gasteiger partial charge in [0.15, 0.2) is 5.96 Å². The summed E-state index contributed by atoms with van der Waals surface area (Å²) in [6, 6.07) is 17.7. The number of rotatable bonds is 9. The third-order valence-electron chi connectivity index (χ3n) is 7.05. The van der Waals surface area contributed by atoms with Gasteiger partial charge in [0.05, 0.1) is 6.04 Å². The first-order valence-corrected chi connectivity index (χ1v) is 13.8. The van der Waals surface area contributed by atoms with Crippen LogP contribution < -0.4 is 22.1 Å². The summed E-state index contributed by atoms with van der Waals surface area (Å²) in [5, 5.41) is 9.68. The molecule has 3 aromatic rings. The van der Waals surface area contributed by atoms with Crippen LogP contribution in [0.4, 0.5) is 0 Å². The molecule has 0 spiro atoms. The molecular weight excluding hydrogens is 535 g/mol. The van der Waals surface area contributed by atoms with Gasteiger partial charge in [-0.25, -0.2) is 4.99 Å². The average Bonchev–Trinajstić information content (AvgIpc) is 3.08. The van der Waals surface area contributed by atoms with Gasteiger partial charge >= 0.3 is 0 Å². The van der Waals surface area contributed by atoms with E-state index in [2.05, 4.69) is 15.6 Å². The molecule has 0 radical (unpaired) electrons. The molecule has 206 valence electrons. The van der Waals surface area contributed by atoms with E-state index in [1.165, 1.54) is 0 Å². The fraction of sp³-hybridized carbons (Fsp3) is 0.345. The predicted octanol–water partition coefficient (Wildman–Crippen LogP) is 3.73. The highest BCUT2D eigenvalue weighted by Crippen LogP contribution is 2.23. The van der Waals surface area contributed by atoms with Gasteiger partial charge in [0, 0.05) is 41.3 Å². The van der Waals surface area contributed by atoms with Crippen molar-refractivity contribution in [1.82, 2.24) is 15.5 Å². The van der Waals surface area contributed by atoms with Gasteiger partial charge in [-0.05, 0) is 59.9 Å². The van der Waals surface area contributed by atoms with Gasteiger partial charge < -0.3 is 21.7 Å². The van der Waals surface area contributed by atoms with Crippen molar-refractivity contribution in [2.45, 2.75) is 44.3 Å². The van der Waals surface area contributed by atoms with E-state index >= 15 is 0 Å². The molecule has 0 saturated carbocycles. The molecule has 2 amide bonds. The number of aliphatic imine (C=N–C) groups is 1. The maximum atomic E-state index is 13.7. The number of hydrogen-bond acceptors (Lipinski definition) is 4. The number of nitrogens with one attached hydrogen (secondary N) is 2. The molecular formula is C29H34Cl2N6O2. The number of nitrogens with zero attached hydrogens (tertiary/aromatic N) is 2. The number of nitrogens with two attached hydrogens (primary N) is 2.